The van der Waals surface area contributed by atoms with Crippen molar-refractivity contribution in [2.45, 2.75) is 42.7 Å². The number of sulfonamides is 1. The van der Waals surface area contributed by atoms with Crippen LogP contribution >= 0.6 is 0 Å². The van der Waals surface area contributed by atoms with Crippen LogP contribution in [0.25, 0.3) is 0 Å². The van der Waals surface area contributed by atoms with Gasteiger partial charge < -0.3 is 10.8 Å². The predicted octanol–water partition coefficient (Wildman–Crippen LogP) is 0.759. The molecular formula is C12H17N3O5S. The molecule has 4 N–H and O–H groups in total. The van der Waals surface area contributed by atoms with Crippen molar-refractivity contribution in [2.75, 3.05) is 5.73 Å². The van der Waals surface area contributed by atoms with Crippen molar-refractivity contribution in [3.05, 3.63) is 28.3 Å². The minimum atomic E-state index is -4.09. The molecule has 1 aromatic carbocycles. The number of rotatable bonds is 4. The Morgan fingerprint density at radius 1 is 1.33 bits per heavy atom. The molecule has 2 rings (SSSR count). The lowest BCUT2D eigenvalue weighted by Crippen LogP contribution is -2.45. The minimum absolute atomic E-state index is 0.110. The normalized spacial score (nSPS) is 22.9. The summed E-state index contributed by atoms with van der Waals surface area (Å²) in [4.78, 5) is 9.75. The van der Waals surface area contributed by atoms with Crippen molar-refractivity contribution in [3.63, 3.8) is 0 Å². The molecule has 1 aromatic rings. The summed E-state index contributed by atoms with van der Waals surface area (Å²) in [5.41, 5.74) is 4.99. The molecule has 21 heavy (non-hydrogen) atoms. The van der Waals surface area contributed by atoms with Crippen molar-refractivity contribution < 1.29 is 18.4 Å². The summed E-state index contributed by atoms with van der Waals surface area (Å²) in [6, 6.07) is 2.77. The maximum atomic E-state index is 12.3. The van der Waals surface area contributed by atoms with Crippen LogP contribution in [-0.4, -0.2) is 30.6 Å². The van der Waals surface area contributed by atoms with Crippen molar-refractivity contribution in [1.29, 1.82) is 0 Å². The lowest BCUT2D eigenvalue weighted by molar-refractivity contribution is -0.387. The van der Waals surface area contributed by atoms with Crippen LogP contribution in [0, 0.1) is 10.1 Å². The minimum Gasteiger partial charge on any atom is -0.399 e. The van der Waals surface area contributed by atoms with Gasteiger partial charge in [-0.3, -0.25) is 10.1 Å². The summed E-state index contributed by atoms with van der Waals surface area (Å²) in [5, 5.41) is 20.8. The molecule has 0 radical (unpaired) electrons. The number of nitrogens with two attached hydrogens (primary N) is 1. The number of benzene rings is 1. The molecule has 1 fully saturated rings. The van der Waals surface area contributed by atoms with Crippen molar-refractivity contribution in [2.24, 2.45) is 0 Å². The van der Waals surface area contributed by atoms with Gasteiger partial charge in [-0.2, -0.15) is 0 Å². The fraction of sp³-hybridized carbons (Fsp3) is 0.500. The third-order valence-corrected chi connectivity index (χ3v) is 5.04. The van der Waals surface area contributed by atoms with Gasteiger partial charge in [0, 0.05) is 17.8 Å². The topological polar surface area (TPSA) is 136 Å². The number of nitro benzene ring substituents is 1. The molecule has 0 aromatic heterocycles. The van der Waals surface area contributed by atoms with E-state index in [-0.39, 0.29) is 5.69 Å². The number of hydrogen-bond acceptors (Lipinski definition) is 6. The molecule has 116 valence electrons. The fourth-order valence-electron chi connectivity index (χ4n) is 2.42. The maximum Gasteiger partial charge on any atom is 0.291 e. The Morgan fingerprint density at radius 3 is 2.62 bits per heavy atom. The molecule has 0 saturated heterocycles. The first-order valence-electron chi connectivity index (χ1n) is 6.55. The summed E-state index contributed by atoms with van der Waals surface area (Å²) in [6.45, 7) is 0. The highest BCUT2D eigenvalue weighted by molar-refractivity contribution is 7.89. The third kappa shape index (κ3) is 3.49. The van der Waals surface area contributed by atoms with Crippen molar-refractivity contribution >= 4 is 21.4 Å². The number of aliphatic hydroxyl groups is 1. The predicted molar refractivity (Wildman–Crippen MR) is 76.1 cm³/mol. The number of anilines is 1. The van der Waals surface area contributed by atoms with Gasteiger partial charge in [0.05, 0.1) is 11.0 Å². The van der Waals surface area contributed by atoms with Crippen LogP contribution in [0.3, 0.4) is 0 Å². The summed E-state index contributed by atoms with van der Waals surface area (Å²) < 4.78 is 27.0. The lowest BCUT2D eigenvalue weighted by atomic mass is 9.93. The van der Waals surface area contributed by atoms with E-state index in [0.29, 0.717) is 12.8 Å². The van der Waals surface area contributed by atoms with Crippen LogP contribution in [0.2, 0.25) is 0 Å². The van der Waals surface area contributed by atoms with Crippen LogP contribution < -0.4 is 10.5 Å². The average Bonchev–Trinajstić information content (AvgIpc) is 2.40. The Labute approximate surface area is 122 Å². The number of nitrogen functional groups attached to an aromatic ring is 1. The molecule has 9 heteroatoms. The molecular weight excluding hydrogens is 298 g/mol. The van der Waals surface area contributed by atoms with E-state index in [1.165, 1.54) is 6.07 Å². The van der Waals surface area contributed by atoms with E-state index in [4.69, 9.17) is 5.73 Å². The Balaban J connectivity index is 2.33. The summed E-state index contributed by atoms with van der Waals surface area (Å²) in [7, 11) is -4.09. The largest absolute Gasteiger partial charge is 0.399 e. The number of nitrogens with one attached hydrogen (secondary N) is 1. The number of hydrogen-bond donors (Lipinski definition) is 3. The van der Waals surface area contributed by atoms with E-state index >= 15 is 0 Å². The molecule has 0 heterocycles. The molecule has 0 spiro atoms. The van der Waals surface area contributed by atoms with Crippen LogP contribution in [0.5, 0.6) is 0 Å². The second-order valence-electron chi connectivity index (χ2n) is 5.06. The van der Waals surface area contributed by atoms with Gasteiger partial charge in [0.15, 0.2) is 4.90 Å². The Morgan fingerprint density at radius 2 is 2.00 bits per heavy atom. The highest BCUT2D eigenvalue weighted by atomic mass is 32.2. The summed E-state index contributed by atoms with van der Waals surface area (Å²) >= 11 is 0. The van der Waals surface area contributed by atoms with Gasteiger partial charge in [-0.1, -0.05) is 12.8 Å². The van der Waals surface area contributed by atoms with Crippen LogP contribution in [0.1, 0.15) is 25.7 Å². The molecule has 0 bridgehead atoms. The lowest BCUT2D eigenvalue weighted by Gasteiger charge is -2.27. The maximum absolute atomic E-state index is 12.3. The van der Waals surface area contributed by atoms with Crippen molar-refractivity contribution in [1.82, 2.24) is 4.72 Å². The van der Waals surface area contributed by atoms with Gasteiger partial charge in [-0.05, 0) is 25.0 Å². The Kier molecular flexibility index (Phi) is 4.45. The zero-order chi connectivity index (χ0) is 15.6. The monoisotopic (exact) mass is 315 g/mol. The molecule has 2 unspecified atom stereocenters. The Bertz CT molecular complexity index is 646. The molecule has 0 amide bonds. The smallest absolute Gasteiger partial charge is 0.291 e. The molecule has 1 aliphatic rings. The first-order chi connectivity index (χ1) is 9.81. The van der Waals surface area contributed by atoms with Gasteiger partial charge in [0.25, 0.3) is 5.69 Å². The molecule has 8 nitrogen and oxygen atoms in total. The molecule has 1 aliphatic carbocycles. The highest BCUT2D eigenvalue weighted by Gasteiger charge is 2.32. The van der Waals surface area contributed by atoms with E-state index in [2.05, 4.69) is 4.72 Å². The van der Waals surface area contributed by atoms with Crippen LogP contribution in [0.4, 0.5) is 11.4 Å². The number of aliphatic hydroxyl groups excluding tert-OH is 1. The number of nitro groups is 1. The quantitative estimate of drug-likeness (QED) is 0.426. The van der Waals surface area contributed by atoms with E-state index in [0.717, 1.165) is 25.0 Å². The van der Waals surface area contributed by atoms with Gasteiger partial charge in [-0.25, -0.2) is 13.1 Å². The third-order valence-electron chi connectivity index (χ3n) is 3.51. The molecule has 0 aliphatic heterocycles. The summed E-state index contributed by atoms with van der Waals surface area (Å²) in [6.07, 6.45) is 1.87. The second kappa shape index (κ2) is 5.96. The average molecular weight is 315 g/mol. The SMILES string of the molecule is Nc1ccc(S(=O)(=O)NC2CCCCC2O)c([N+](=O)[O-])c1. The number of nitrogens with zero attached hydrogens (tertiary/aromatic N) is 1. The van der Waals surface area contributed by atoms with Crippen LogP contribution in [0.15, 0.2) is 23.1 Å². The molecule has 2 atom stereocenters. The fourth-order valence-corrected chi connectivity index (χ4v) is 3.87. The summed E-state index contributed by atoms with van der Waals surface area (Å²) in [5.74, 6) is 0. The first-order valence-corrected chi connectivity index (χ1v) is 8.04. The van der Waals surface area contributed by atoms with E-state index in [1.807, 2.05) is 0 Å². The van der Waals surface area contributed by atoms with Gasteiger partial charge >= 0.3 is 0 Å². The Hall–Kier alpha value is -1.71. The first kappa shape index (κ1) is 15.7. The van der Waals surface area contributed by atoms with E-state index < -0.39 is 37.7 Å². The van der Waals surface area contributed by atoms with Crippen molar-refractivity contribution in [3.8, 4) is 0 Å². The second-order valence-corrected chi connectivity index (χ2v) is 6.75. The molecule has 1 saturated carbocycles. The highest BCUT2D eigenvalue weighted by Crippen LogP contribution is 2.27. The van der Waals surface area contributed by atoms with Crippen LogP contribution in [-0.2, 0) is 10.0 Å². The standard InChI is InChI=1S/C12H17N3O5S/c13-8-5-6-12(10(7-8)15(17)18)21(19,20)14-9-3-1-2-4-11(9)16/h5-7,9,11,14,16H,1-4,13H2. The van der Waals surface area contributed by atoms with E-state index in [9.17, 15) is 23.6 Å². The van der Waals surface area contributed by atoms with E-state index in [1.54, 1.807) is 0 Å². The van der Waals surface area contributed by atoms with Gasteiger partial charge in [0.1, 0.15) is 0 Å². The zero-order valence-corrected chi connectivity index (χ0v) is 12.0. The van der Waals surface area contributed by atoms with Gasteiger partial charge in [0.2, 0.25) is 10.0 Å². The zero-order valence-electron chi connectivity index (χ0n) is 11.2. The van der Waals surface area contributed by atoms with Gasteiger partial charge in [-0.15, -0.1) is 0 Å².